The fourth-order valence-electron chi connectivity index (χ4n) is 3.24. The number of anilines is 1. The van der Waals surface area contributed by atoms with Gasteiger partial charge in [-0.25, -0.2) is 4.79 Å². The summed E-state index contributed by atoms with van der Waals surface area (Å²) in [5.74, 6) is 0.376. The molecule has 1 aromatic heterocycles. The zero-order valence-corrected chi connectivity index (χ0v) is 10.7. The van der Waals surface area contributed by atoms with Gasteiger partial charge in [-0.2, -0.15) is 5.10 Å². The molecule has 2 heterocycles. The molecule has 2 fully saturated rings. The Morgan fingerprint density at radius 1 is 1.33 bits per heavy atom. The number of carboxylic acids is 1. The highest BCUT2D eigenvalue weighted by Crippen LogP contribution is 2.40. The number of hydrogen-bond acceptors (Lipinski definition) is 4. The lowest BCUT2D eigenvalue weighted by Gasteiger charge is -2.29. The van der Waals surface area contributed by atoms with Gasteiger partial charge in [-0.3, -0.25) is 0 Å². The van der Waals surface area contributed by atoms with Crippen molar-refractivity contribution in [2.75, 3.05) is 11.4 Å². The van der Waals surface area contributed by atoms with Gasteiger partial charge in [0.1, 0.15) is 5.56 Å². The number of hydrogen-bond donors (Lipinski definition) is 1. The lowest BCUT2D eigenvalue weighted by molar-refractivity contribution is 0.0696. The number of piperidine rings is 1. The third-order valence-corrected chi connectivity index (χ3v) is 4.33. The van der Waals surface area contributed by atoms with E-state index in [1.165, 1.54) is 12.8 Å². The molecule has 1 saturated carbocycles. The van der Waals surface area contributed by atoms with Gasteiger partial charge in [-0.1, -0.05) is 0 Å². The molecule has 1 saturated heterocycles. The zero-order valence-electron chi connectivity index (χ0n) is 10.7. The molecular weight excluding hydrogens is 230 g/mol. The monoisotopic (exact) mass is 247 g/mol. The molecule has 18 heavy (non-hydrogen) atoms. The molecule has 0 aromatic carbocycles. The topological polar surface area (TPSA) is 66.3 Å². The summed E-state index contributed by atoms with van der Waals surface area (Å²) in [5.41, 5.74) is 1.76. The second-order valence-corrected chi connectivity index (χ2v) is 5.40. The molecule has 0 amide bonds. The second kappa shape index (κ2) is 3.93. The lowest BCUT2D eigenvalue weighted by atomic mass is 10.1. The number of aromatic carboxylic acids is 1. The van der Waals surface area contributed by atoms with Crippen molar-refractivity contribution in [1.29, 1.82) is 0 Å². The number of aryl methyl sites for hydroxylation is 1. The van der Waals surface area contributed by atoms with Crippen LogP contribution in [-0.4, -0.2) is 33.9 Å². The number of carboxylic acid groups (broad SMARTS) is 1. The van der Waals surface area contributed by atoms with Crippen molar-refractivity contribution in [3.05, 3.63) is 16.8 Å². The fraction of sp³-hybridized carbons (Fsp3) is 0.615. The van der Waals surface area contributed by atoms with Crippen LogP contribution in [0.3, 0.4) is 0 Å². The SMILES string of the molecule is Cc1nnc(N2CC3CCC2C3)c(C(=O)O)c1C. The minimum Gasteiger partial charge on any atom is -0.478 e. The van der Waals surface area contributed by atoms with Crippen molar-refractivity contribution >= 4 is 11.8 Å². The number of fused-ring (bicyclic) bond motifs is 2. The van der Waals surface area contributed by atoms with E-state index in [9.17, 15) is 9.90 Å². The van der Waals surface area contributed by atoms with Crippen molar-refractivity contribution in [3.63, 3.8) is 0 Å². The first kappa shape index (κ1) is 11.4. The average Bonchev–Trinajstić information content (AvgIpc) is 2.93. The van der Waals surface area contributed by atoms with Gasteiger partial charge >= 0.3 is 5.97 Å². The van der Waals surface area contributed by atoms with Crippen LogP contribution in [0.25, 0.3) is 0 Å². The Kier molecular flexibility index (Phi) is 2.50. The molecule has 0 spiro atoms. The van der Waals surface area contributed by atoms with Crippen LogP contribution in [0.1, 0.15) is 40.9 Å². The van der Waals surface area contributed by atoms with Crippen molar-refractivity contribution < 1.29 is 9.90 Å². The first-order chi connectivity index (χ1) is 8.58. The Bertz CT molecular complexity index is 515. The molecule has 0 radical (unpaired) electrons. The maximum atomic E-state index is 11.5. The first-order valence-corrected chi connectivity index (χ1v) is 6.41. The highest BCUT2D eigenvalue weighted by atomic mass is 16.4. The third-order valence-electron chi connectivity index (χ3n) is 4.33. The van der Waals surface area contributed by atoms with E-state index >= 15 is 0 Å². The van der Waals surface area contributed by atoms with Crippen LogP contribution < -0.4 is 4.90 Å². The van der Waals surface area contributed by atoms with Crippen LogP contribution in [0.15, 0.2) is 0 Å². The number of aromatic nitrogens is 2. The van der Waals surface area contributed by atoms with Crippen LogP contribution in [0, 0.1) is 19.8 Å². The second-order valence-electron chi connectivity index (χ2n) is 5.40. The summed E-state index contributed by atoms with van der Waals surface area (Å²) >= 11 is 0. The Morgan fingerprint density at radius 2 is 2.11 bits per heavy atom. The van der Waals surface area contributed by atoms with Crippen LogP contribution in [0.5, 0.6) is 0 Å². The quantitative estimate of drug-likeness (QED) is 0.862. The molecular formula is C13H17N3O2. The number of carbonyl (C=O) groups is 1. The highest BCUT2D eigenvalue weighted by molar-refractivity contribution is 5.95. The van der Waals surface area contributed by atoms with Crippen molar-refractivity contribution in [1.82, 2.24) is 10.2 Å². The number of nitrogens with zero attached hydrogens (tertiary/aromatic N) is 3. The van der Waals surface area contributed by atoms with Crippen LogP contribution in [0.4, 0.5) is 5.82 Å². The normalized spacial score (nSPS) is 25.8. The fourth-order valence-corrected chi connectivity index (χ4v) is 3.24. The largest absolute Gasteiger partial charge is 0.478 e. The minimum atomic E-state index is -0.900. The van der Waals surface area contributed by atoms with Crippen LogP contribution in [-0.2, 0) is 0 Å². The summed E-state index contributed by atoms with van der Waals surface area (Å²) in [6.45, 7) is 4.54. The Morgan fingerprint density at radius 3 is 2.67 bits per heavy atom. The molecule has 1 aliphatic heterocycles. The molecule has 1 aliphatic carbocycles. The van der Waals surface area contributed by atoms with Crippen molar-refractivity contribution in [3.8, 4) is 0 Å². The predicted octanol–water partition coefficient (Wildman–Crippen LogP) is 1.78. The zero-order chi connectivity index (χ0) is 12.9. The summed E-state index contributed by atoms with van der Waals surface area (Å²) in [6.07, 6.45) is 3.59. The third kappa shape index (κ3) is 1.57. The Balaban J connectivity index is 2.07. The smallest absolute Gasteiger partial charge is 0.339 e. The summed E-state index contributed by atoms with van der Waals surface area (Å²) < 4.78 is 0. The van der Waals surface area contributed by atoms with Gasteiger partial charge < -0.3 is 10.0 Å². The molecule has 96 valence electrons. The van der Waals surface area contributed by atoms with Crippen molar-refractivity contribution in [2.45, 2.75) is 39.2 Å². The van der Waals surface area contributed by atoms with E-state index in [-0.39, 0.29) is 0 Å². The minimum absolute atomic E-state index is 0.329. The molecule has 1 N–H and O–H groups in total. The van der Waals surface area contributed by atoms with Gasteiger partial charge in [-0.15, -0.1) is 5.10 Å². The van der Waals surface area contributed by atoms with E-state index < -0.39 is 5.97 Å². The van der Waals surface area contributed by atoms with Gasteiger partial charge in [-0.05, 0) is 44.6 Å². The number of rotatable bonds is 2. The molecule has 2 atom stereocenters. The van der Waals surface area contributed by atoms with Gasteiger partial charge in [0.25, 0.3) is 0 Å². The standard InChI is InChI=1S/C13H17N3O2/c1-7-8(2)14-15-12(11(7)13(17)18)16-6-9-3-4-10(16)5-9/h9-10H,3-6H2,1-2H3,(H,17,18). The van der Waals surface area contributed by atoms with E-state index in [4.69, 9.17) is 0 Å². The van der Waals surface area contributed by atoms with Crippen LogP contribution in [0.2, 0.25) is 0 Å². The lowest BCUT2D eigenvalue weighted by Crippen LogP contribution is -2.34. The summed E-state index contributed by atoms with van der Waals surface area (Å²) in [6, 6.07) is 0.463. The average molecular weight is 247 g/mol. The van der Waals surface area contributed by atoms with Gasteiger partial charge in [0.05, 0.1) is 5.69 Å². The summed E-state index contributed by atoms with van der Waals surface area (Å²) in [5, 5.41) is 17.7. The molecule has 1 aromatic rings. The van der Waals surface area contributed by atoms with Crippen molar-refractivity contribution in [2.24, 2.45) is 5.92 Å². The summed E-state index contributed by atoms with van der Waals surface area (Å²) in [4.78, 5) is 13.6. The van der Waals surface area contributed by atoms with Crippen LogP contribution >= 0.6 is 0 Å². The Labute approximate surface area is 106 Å². The van der Waals surface area contributed by atoms with Gasteiger partial charge in [0.15, 0.2) is 5.82 Å². The summed E-state index contributed by atoms with van der Waals surface area (Å²) in [7, 11) is 0. The van der Waals surface area contributed by atoms with E-state index in [0.717, 1.165) is 18.5 Å². The highest BCUT2D eigenvalue weighted by Gasteiger charge is 2.40. The predicted molar refractivity (Wildman–Crippen MR) is 66.9 cm³/mol. The van der Waals surface area contributed by atoms with E-state index in [2.05, 4.69) is 15.1 Å². The molecule has 5 heteroatoms. The first-order valence-electron chi connectivity index (χ1n) is 6.41. The molecule has 5 nitrogen and oxygen atoms in total. The molecule has 2 aliphatic rings. The molecule has 3 rings (SSSR count). The molecule has 2 unspecified atom stereocenters. The van der Waals surface area contributed by atoms with E-state index in [1.54, 1.807) is 6.92 Å². The maximum Gasteiger partial charge on any atom is 0.339 e. The molecule has 2 bridgehead atoms. The Hall–Kier alpha value is -1.65. The maximum absolute atomic E-state index is 11.5. The van der Waals surface area contributed by atoms with E-state index in [1.807, 2.05) is 6.92 Å². The van der Waals surface area contributed by atoms with Gasteiger partial charge in [0, 0.05) is 12.6 Å². The van der Waals surface area contributed by atoms with E-state index in [0.29, 0.717) is 29.0 Å². The van der Waals surface area contributed by atoms with Gasteiger partial charge in [0.2, 0.25) is 0 Å².